The molecule has 0 radical (unpaired) electrons. The van der Waals surface area contributed by atoms with E-state index in [-0.39, 0.29) is 0 Å². The first-order chi connectivity index (χ1) is 21.7. The molecule has 7 rings (SSSR count). The maximum Gasteiger partial charge on any atom is 0.0273 e. The van der Waals surface area contributed by atoms with Crippen molar-refractivity contribution in [3.63, 3.8) is 0 Å². The molecule has 7 aromatic rings. The summed E-state index contributed by atoms with van der Waals surface area (Å²) in [6, 6.07) is 48.3. The summed E-state index contributed by atoms with van der Waals surface area (Å²) in [6.45, 7) is 2.04. The largest absolute Gasteiger partial charge is 0.405 e. The lowest BCUT2D eigenvalue weighted by Gasteiger charge is -2.19. The smallest absolute Gasteiger partial charge is 0.0273 e. The minimum atomic E-state index is 1.10. The van der Waals surface area contributed by atoms with Gasteiger partial charge in [-0.15, -0.1) is 0 Å². The lowest BCUT2D eigenvalue weighted by molar-refractivity contribution is 1.33. The van der Waals surface area contributed by atoms with Crippen molar-refractivity contribution in [2.24, 2.45) is 5.73 Å². The van der Waals surface area contributed by atoms with E-state index < -0.39 is 0 Å². The van der Waals surface area contributed by atoms with Gasteiger partial charge in [0.2, 0.25) is 0 Å². The molecule has 210 valence electrons. The molecule has 0 aliphatic heterocycles. The first-order valence-electron chi connectivity index (χ1n) is 15.0. The van der Waals surface area contributed by atoms with E-state index in [2.05, 4.69) is 145 Å². The highest BCUT2D eigenvalue weighted by molar-refractivity contribution is 6.22. The molecular formula is C42H32N2. The number of hydrogen-bond acceptors (Lipinski definition) is 2. The topological polar surface area (TPSA) is 38.9 Å². The number of hydrogen-bond donors (Lipinski definition) is 1. The predicted octanol–water partition coefficient (Wildman–Crippen LogP) is 10.9. The van der Waals surface area contributed by atoms with Gasteiger partial charge in [0, 0.05) is 12.4 Å². The average Bonchev–Trinajstić information content (AvgIpc) is 3.10. The zero-order chi connectivity index (χ0) is 29.9. The molecule has 2 nitrogen and oxygen atoms in total. The molecule has 1 aromatic heterocycles. The summed E-state index contributed by atoms with van der Waals surface area (Å²) in [5, 5.41) is 4.95. The summed E-state index contributed by atoms with van der Waals surface area (Å²) in [5.74, 6) is 0. The fourth-order valence-corrected chi connectivity index (χ4v) is 6.28. The molecule has 2 heteroatoms. The normalized spacial score (nSPS) is 11.9. The number of pyridine rings is 1. The first-order valence-corrected chi connectivity index (χ1v) is 15.0. The predicted molar refractivity (Wildman–Crippen MR) is 188 cm³/mol. The van der Waals surface area contributed by atoms with Crippen molar-refractivity contribution < 1.29 is 0 Å². The van der Waals surface area contributed by atoms with Crippen LogP contribution in [0.1, 0.15) is 12.5 Å². The Hall–Kier alpha value is -5.73. The molecular weight excluding hydrogens is 532 g/mol. The number of fused-ring (bicyclic) bond motifs is 2. The van der Waals surface area contributed by atoms with E-state index in [0.29, 0.717) is 0 Å². The van der Waals surface area contributed by atoms with Crippen molar-refractivity contribution in [1.82, 2.24) is 4.98 Å². The lowest BCUT2D eigenvalue weighted by atomic mass is 9.84. The molecule has 1 heterocycles. The van der Waals surface area contributed by atoms with Gasteiger partial charge < -0.3 is 5.73 Å². The van der Waals surface area contributed by atoms with Gasteiger partial charge in [-0.25, -0.2) is 0 Å². The quantitative estimate of drug-likeness (QED) is 0.161. The maximum absolute atomic E-state index is 5.73. The van der Waals surface area contributed by atoms with E-state index in [1.54, 1.807) is 6.20 Å². The molecule has 0 amide bonds. The molecule has 0 aliphatic rings. The molecule has 0 fully saturated rings. The molecule has 0 aliphatic carbocycles. The van der Waals surface area contributed by atoms with Crippen LogP contribution in [0.5, 0.6) is 0 Å². The Balaban J connectivity index is 1.49. The second-order valence-corrected chi connectivity index (χ2v) is 10.9. The lowest BCUT2D eigenvalue weighted by Crippen LogP contribution is -1.92. The van der Waals surface area contributed by atoms with Gasteiger partial charge >= 0.3 is 0 Å². The zero-order valence-corrected chi connectivity index (χ0v) is 24.6. The minimum Gasteiger partial charge on any atom is -0.405 e. The number of nitrogens with zero attached hydrogens (tertiary/aromatic N) is 1. The molecule has 0 spiro atoms. The third-order valence-electron chi connectivity index (χ3n) is 8.41. The van der Waals surface area contributed by atoms with Gasteiger partial charge in [-0.1, -0.05) is 121 Å². The van der Waals surface area contributed by atoms with Gasteiger partial charge in [-0.3, -0.25) is 4.98 Å². The van der Waals surface area contributed by atoms with Crippen LogP contribution in [0.4, 0.5) is 0 Å². The van der Waals surface area contributed by atoms with Crippen LogP contribution in [0.3, 0.4) is 0 Å². The molecule has 44 heavy (non-hydrogen) atoms. The third kappa shape index (κ3) is 4.97. The van der Waals surface area contributed by atoms with Crippen LogP contribution in [0.2, 0.25) is 0 Å². The Bertz CT molecular complexity index is 2140. The van der Waals surface area contributed by atoms with Gasteiger partial charge in [0.05, 0.1) is 0 Å². The Morgan fingerprint density at radius 1 is 0.500 bits per heavy atom. The Morgan fingerprint density at radius 2 is 1.00 bits per heavy atom. The second kappa shape index (κ2) is 11.9. The average molecular weight is 565 g/mol. The van der Waals surface area contributed by atoms with E-state index >= 15 is 0 Å². The van der Waals surface area contributed by atoms with Crippen LogP contribution in [0.25, 0.3) is 71.6 Å². The van der Waals surface area contributed by atoms with Gasteiger partial charge in [0.1, 0.15) is 0 Å². The van der Waals surface area contributed by atoms with Crippen molar-refractivity contribution in [2.45, 2.75) is 6.92 Å². The summed E-state index contributed by atoms with van der Waals surface area (Å²) >= 11 is 0. The van der Waals surface area contributed by atoms with E-state index in [4.69, 9.17) is 5.73 Å². The number of aromatic nitrogens is 1. The monoisotopic (exact) mass is 564 g/mol. The summed E-state index contributed by atoms with van der Waals surface area (Å²) in [6.07, 6.45) is 9.31. The van der Waals surface area contributed by atoms with E-state index in [1.165, 1.54) is 60.5 Å². The van der Waals surface area contributed by atoms with E-state index in [1.807, 2.05) is 25.4 Å². The van der Waals surface area contributed by atoms with Crippen molar-refractivity contribution in [3.05, 3.63) is 170 Å². The SMILES string of the molecule is C/C=C(\C=C/N)c1ccc(-c2c3ccccc3c(-c3ccc(-c4ccncc4)cc3)c3ccc(-c4ccccc4)cc23)cc1. The van der Waals surface area contributed by atoms with Crippen molar-refractivity contribution >= 4 is 27.1 Å². The second-order valence-electron chi connectivity index (χ2n) is 10.9. The number of benzene rings is 6. The summed E-state index contributed by atoms with van der Waals surface area (Å²) in [7, 11) is 0. The number of rotatable bonds is 6. The first kappa shape index (κ1) is 27.1. The van der Waals surface area contributed by atoms with Gasteiger partial charge in [0.15, 0.2) is 0 Å². The Labute approximate surface area is 258 Å². The fraction of sp³-hybridized carbons (Fsp3) is 0.0238. The highest BCUT2D eigenvalue weighted by atomic mass is 14.6. The van der Waals surface area contributed by atoms with Crippen molar-refractivity contribution in [2.75, 3.05) is 0 Å². The standard InChI is InChI=1S/C42H32N2/c1-2-29(22-25-43)31-12-16-35(17-13-31)42-38-11-7-6-10-37(38)41(34-18-14-32(15-19-34)33-23-26-44-27-24-33)39-21-20-36(28-40(39)42)30-8-4-3-5-9-30/h2-28H,43H2,1H3/b25-22-,29-2+. The summed E-state index contributed by atoms with van der Waals surface area (Å²) < 4.78 is 0. The molecule has 0 atom stereocenters. The van der Waals surface area contributed by atoms with Crippen LogP contribution in [-0.4, -0.2) is 4.98 Å². The fourth-order valence-electron chi connectivity index (χ4n) is 6.28. The van der Waals surface area contributed by atoms with Crippen LogP contribution < -0.4 is 5.73 Å². The van der Waals surface area contributed by atoms with Crippen molar-refractivity contribution in [1.29, 1.82) is 0 Å². The van der Waals surface area contributed by atoms with Crippen LogP contribution in [0, 0.1) is 0 Å². The van der Waals surface area contributed by atoms with E-state index in [0.717, 1.165) is 16.7 Å². The molecule has 0 unspecified atom stereocenters. The molecule has 0 saturated carbocycles. The van der Waals surface area contributed by atoms with Crippen LogP contribution in [0.15, 0.2) is 164 Å². The van der Waals surface area contributed by atoms with E-state index in [9.17, 15) is 0 Å². The van der Waals surface area contributed by atoms with Crippen LogP contribution >= 0.6 is 0 Å². The summed E-state index contributed by atoms with van der Waals surface area (Å²) in [4.78, 5) is 4.18. The minimum absolute atomic E-state index is 1.10. The van der Waals surface area contributed by atoms with Gasteiger partial charge in [0.25, 0.3) is 0 Å². The van der Waals surface area contributed by atoms with Gasteiger partial charge in [-0.05, 0) is 115 Å². The number of nitrogens with two attached hydrogens (primary N) is 1. The third-order valence-corrected chi connectivity index (χ3v) is 8.41. The van der Waals surface area contributed by atoms with Gasteiger partial charge in [-0.2, -0.15) is 0 Å². The molecule has 0 bridgehead atoms. The summed E-state index contributed by atoms with van der Waals surface area (Å²) in [5.41, 5.74) is 17.6. The Kier molecular flexibility index (Phi) is 7.32. The highest BCUT2D eigenvalue weighted by Gasteiger charge is 2.18. The van der Waals surface area contributed by atoms with Crippen molar-refractivity contribution in [3.8, 4) is 44.5 Å². The number of allylic oxidation sites excluding steroid dienone is 3. The molecule has 2 N–H and O–H groups in total. The molecule has 0 saturated heterocycles. The molecule has 6 aromatic carbocycles. The zero-order valence-electron chi connectivity index (χ0n) is 24.6. The highest BCUT2D eigenvalue weighted by Crippen LogP contribution is 2.45. The maximum atomic E-state index is 5.73. The Morgan fingerprint density at radius 3 is 1.64 bits per heavy atom. The van der Waals surface area contributed by atoms with Crippen LogP contribution in [-0.2, 0) is 0 Å².